The Balaban J connectivity index is 1.75. The molecule has 2 N–H and O–H groups in total. The molecule has 3 rings (SSSR count). The van der Waals surface area contributed by atoms with E-state index in [-0.39, 0.29) is 23.7 Å². The molecule has 3 aliphatic rings. The first kappa shape index (κ1) is 28.5. The second-order valence-electron chi connectivity index (χ2n) is 14.9. The standard InChI is InChI=1S/C31H58O3/c1-21(2)11-10-12-22(3)25-13-14-26-24(20-32)27(16-17-29(25,26)7)30(8)18-15-23(19-31(30,9)33)34-28(4,5)6/h21-27,32-33H,10-20H2,1-9H3/t22-,23-,24-,25-,26+,27+,29+,30+,31-/m0/s1. The van der Waals surface area contributed by atoms with E-state index in [1.807, 2.05) is 0 Å². The number of ether oxygens (including phenoxy) is 1. The molecule has 3 saturated carbocycles. The van der Waals surface area contributed by atoms with Gasteiger partial charge in [0.05, 0.1) is 17.3 Å². The lowest BCUT2D eigenvalue weighted by Crippen LogP contribution is -2.59. The number of hydrogen-bond acceptors (Lipinski definition) is 3. The van der Waals surface area contributed by atoms with Crippen LogP contribution in [0.25, 0.3) is 0 Å². The summed E-state index contributed by atoms with van der Waals surface area (Å²) in [6.45, 7) is 20.7. The molecule has 0 radical (unpaired) electrons. The van der Waals surface area contributed by atoms with Crippen molar-refractivity contribution in [3.8, 4) is 0 Å². The topological polar surface area (TPSA) is 49.7 Å². The van der Waals surface area contributed by atoms with Crippen molar-refractivity contribution in [1.82, 2.24) is 0 Å². The number of aliphatic hydroxyl groups excluding tert-OH is 1. The Morgan fingerprint density at radius 2 is 1.59 bits per heavy atom. The lowest BCUT2D eigenvalue weighted by molar-refractivity contribution is -0.203. The van der Waals surface area contributed by atoms with Crippen LogP contribution in [0.15, 0.2) is 0 Å². The van der Waals surface area contributed by atoms with Gasteiger partial charge in [0.15, 0.2) is 0 Å². The van der Waals surface area contributed by atoms with Crippen LogP contribution in [0.1, 0.15) is 127 Å². The quantitative estimate of drug-likeness (QED) is 0.377. The molecule has 0 unspecified atom stereocenters. The molecule has 0 aromatic heterocycles. The van der Waals surface area contributed by atoms with Crippen LogP contribution in [0.2, 0.25) is 0 Å². The highest BCUT2D eigenvalue weighted by atomic mass is 16.5. The van der Waals surface area contributed by atoms with Crippen molar-refractivity contribution in [1.29, 1.82) is 0 Å². The minimum Gasteiger partial charge on any atom is -0.396 e. The zero-order valence-electron chi connectivity index (χ0n) is 24.1. The summed E-state index contributed by atoms with van der Waals surface area (Å²) < 4.78 is 6.31. The van der Waals surface area contributed by atoms with Gasteiger partial charge in [-0.05, 0) is 113 Å². The fraction of sp³-hybridized carbons (Fsp3) is 1.00. The molecule has 0 spiro atoms. The molecule has 200 valence electrons. The minimum atomic E-state index is -0.769. The molecule has 0 aliphatic heterocycles. The van der Waals surface area contributed by atoms with E-state index in [0.717, 1.165) is 37.0 Å². The smallest absolute Gasteiger partial charge is 0.0700 e. The van der Waals surface area contributed by atoms with Crippen molar-refractivity contribution in [2.45, 2.75) is 144 Å². The van der Waals surface area contributed by atoms with Gasteiger partial charge in [-0.2, -0.15) is 0 Å². The highest BCUT2D eigenvalue weighted by Crippen LogP contribution is 2.65. The highest BCUT2D eigenvalue weighted by Gasteiger charge is 2.61. The minimum absolute atomic E-state index is 0.118. The van der Waals surface area contributed by atoms with Crippen molar-refractivity contribution < 1.29 is 14.9 Å². The van der Waals surface area contributed by atoms with Crippen LogP contribution >= 0.6 is 0 Å². The summed E-state index contributed by atoms with van der Waals surface area (Å²) in [5, 5.41) is 22.6. The Morgan fingerprint density at radius 3 is 2.15 bits per heavy atom. The van der Waals surface area contributed by atoms with E-state index in [2.05, 4.69) is 62.3 Å². The van der Waals surface area contributed by atoms with Crippen molar-refractivity contribution in [3.63, 3.8) is 0 Å². The Bertz CT molecular complexity index is 664. The van der Waals surface area contributed by atoms with Crippen LogP contribution in [0.4, 0.5) is 0 Å². The SMILES string of the molecule is CC(C)CCC[C@H](C)[C@@H]1CC[C@@H]2[C@H](CO)[C@H]([C@@]3(C)CC[C@H](OC(C)(C)C)C[C@]3(C)O)CC[C@@]21C. The van der Waals surface area contributed by atoms with Gasteiger partial charge in [-0.15, -0.1) is 0 Å². The first-order valence-corrected chi connectivity index (χ1v) is 14.7. The predicted molar refractivity (Wildman–Crippen MR) is 143 cm³/mol. The maximum atomic E-state index is 11.9. The Kier molecular flexibility index (Phi) is 8.64. The van der Waals surface area contributed by atoms with Crippen LogP contribution < -0.4 is 0 Å². The van der Waals surface area contributed by atoms with Crippen molar-refractivity contribution >= 4 is 0 Å². The third kappa shape index (κ3) is 5.57. The first-order valence-electron chi connectivity index (χ1n) is 14.7. The van der Waals surface area contributed by atoms with Gasteiger partial charge in [0.1, 0.15) is 0 Å². The van der Waals surface area contributed by atoms with Crippen LogP contribution in [0, 0.1) is 46.3 Å². The van der Waals surface area contributed by atoms with Crippen molar-refractivity contribution in [2.24, 2.45) is 46.3 Å². The van der Waals surface area contributed by atoms with Gasteiger partial charge in [0, 0.05) is 13.0 Å². The molecule has 0 bridgehead atoms. The molecular formula is C31H58O3. The molecule has 0 aromatic rings. The van der Waals surface area contributed by atoms with Gasteiger partial charge in [0.2, 0.25) is 0 Å². The monoisotopic (exact) mass is 478 g/mol. The molecule has 0 saturated heterocycles. The summed E-state index contributed by atoms with van der Waals surface area (Å²) in [6.07, 6.45) is 11.8. The molecule has 3 aliphatic carbocycles. The lowest BCUT2D eigenvalue weighted by Gasteiger charge is -2.60. The fourth-order valence-electron chi connectivity index (χ4n) is 9.05. The summed E-state index contributed by atoms with van der Waals surface area (Å²) >= 11 is 0. The van der Waals surface area contributed by atoms with E-state index in [1.165, 1.54) is 38.5 Å². The molecule has 34 heavy (non-hydrogen) atoms. The van der Waals surface area contributed by atoms with Crippen LogP contribution in [0.5, 0.6) is 0 Å². The molecule has 3 nitrogen and oxygen atoms in total. The summed E-state index contributed by atoms with van der Waals surface area (Å²) in [7, 11) is 0. The van der Waals surface area contributed by atoms with Crippen molar-refractivity contribution in [2.75, 3.05) is 6.61 Å². The average Bonchev–Trinajstić information content (AvgIpc) is 3.05. The second kappa shape index (κ2) is 10.3. The van der Waals surface area contributed by atoms with Crippen LogP contribution in [-0.4, -0.2) is 34.1 Å². The maximum absolute atomic E-state index is 11.9. The molecule has 0 amide bonds. The lowest BCUT2D eigenvalue weighted by atomic mass is 9.47. The maximum Gasteiger partial charge on any atom is 0.0700 e. The Hall–Kier alpha value is -0.120. The summed E-state index contributed by atoms with van der Waals surface area (Å²) in [5.41, 5.74) is -0.773. The van der Waals surface area contributed by atoms with E-state index >= 15 is 0 Å². The molecule has 0 aromatic carbocycles. The molecule has 3 fully saturated rings. The zero-order chi connectivity index (χ0) is 25.5. The number of aliphatic hydroxyl groups is 2. The predicted octanol–water partition coefficient (Wildman–Crippen LogP) is 7.62. The van der Waals surface area contributed by atoms with Gasteiger partial charge in [-0.3, -0.25) is 0 Å². The van der Waals surface area contributed by atoms with Gasteiger partial charge in [-0.25, -0.2) is 0 Å². The third-order valence-electron chi connectivity index (χ3n) is 11.0. The van der Waals surface area contributed by atoms with Crippen molar-refractivity contribution in [3.05, 3.63) is 0 Å². The van der Waals surface area contributed by atoms with E-state index in [9.17, 15) is 10.2 Å². The fourth-order valence-corrected chi connectivity index (χ4v) is 9.05. The van der Waals surface area contributed by atoms with Crippen LogP contribution in [0.3, 0.4) is 0 Å². The molecule has 3 heteroatoms. The number of rotatable bonds is 8. The Morgan fingerprint density at radius 1 is 0.912 bits per heavy atom. The summed E-state index contributed by atoms with van der Waals surface area (Å²) in [5.74, 6) is 3.63. The normalized spacial score (nSPS) is 44.3. The summed E-state index contributed by atoms with van der Waals surface area (Å²) in [6, 6.07) is 0. The van der Waals surface area contributed by atoms with E-state index in [0.29, 0.717) is 29.6 Å². The van der Waals surface area contributed by atoms with Crippen LogP contribution in [-0.2, 0) is 4.74 Å². The highest BCUT2D eigenvalue weighted by molar-refractivity contribution is 5.10. The van der Waals surface area contributed by atoms with Gasteiger partial charge < -0.3 is 14.9 Å². The number of fused-ring (bicyclic) bond motifs is 1. The van der Waals surface area contributed by atoms with E-state index in [1.54, 1.807) is 0 Å². The summed E-state index contributed by atoms with van der Waals surface area (Å²) in [4.78, 5) is 0. The average molecular weight is 479 g/mol. The first-order chi connectivity index (χ1) is 15.6. The second-order valence-corrected chi connectivity index (χ2v) is 14.9. The molecule has 9 atom stereocenters. The molecule has 0 heterocycles. The van der Waals surface area contributed by atoms with Gasteiger partial charge in [-0.1, -0.05) is 53.9 Å². The Labute approximate surface area is 211 Å². The third-order valence-corrected chi connectivity index (χ3v) is 11.0. The van der Waals surface area contributed by atoms with Gasteiger partial charge >= 0.3 is 0 Å². The van der Waals surface area contributed by atoms with E-state index in [4.69, 9.17) is 4.74 Å². The largest absolute Gasteiger partial charge is 0.396 e. The molecular weight excluding hydrogens is 420 g/mol. The number of hydrogen-bond donors (Lipinski definition) is 2. The zero-order valence-corrected chi connectivity index (χ0v) is 24.1. The van der Waals surface area contributed by atoms with Gasteiger partial charge in [0.25, 0.3) is 0 Å². The van der Waals surface area contributed by atoms with E-state index < -0.39 is 5.60 Å².